The van der Waals surface area contributed by atoms with Gasteiger partial charge in [0.2, 0.25) is 15.9 Å². The van der Waals surface area contributed by atoms with Crippen molar-refractivity contribution in [3.8, 4) is 5.75 Å². The average Bonchev–Trinajstić information content (AvgIpc) is 3.10. The molecule has 0 aromatic heterocycles. The number of hydrogen-bond acceptors (Lipinski definition) is 7. The minimum absolute atomic E-state index is 0.0163. The molecule has 0 spiro atoms. The van der Waals surface area contributed by atoms with Gasteiger partial charge in [-0.15, -0.1) is 0 Å². The summed E-state index contributed by atoms with van der Waals surface area (Å²) in [5, 5.41) is 2.15. The zero-order valence-electron chi connectivity index (χ0n) is 30.1. The summed E-state index contributed by atoms with van der Waals surface area (Å²) < 4.78 is 81.5. The van der Waals surface area contributed by atoms with E-state index in [9.17, 15) is 31.2 Å². The van der Waals surface area contributed by atoms with Gasteiger partial charge in [-0.3, -0.25) is 9.59 Å². The van der Waals surface area contributed by atoms with Crippen LogP contribution in [0.2, 0.25) is 5.02 Å². The first-order valence-corrected chi connectivity index (χ1v) is 19.9. The number of sulfonamides is 1. The fourth-order valence-corrected chi connectivity index (χ4v) is 8.84. The Labute approximate surface area is 309 Å². The number of aryl methyl sites for hydroxylation is 1. The Balaban J connectivity index is 1.54. The van der Waals surface area contributed by atoms with Crippen LogP contribution in [-0.2, 0) is 32.6 Å². The van der Waals surface area contributed by atoms with Crippen LogP contribution in [0.4, 0.5) is 18.9 Å². The lowest BCUT2D eigenvalue weighted by Gasteiger charge is -2.49. The summed E-state index contributed by atoms with van der Waals surface area (Å²) in [5.74, 6) is -3.08. The van der Waals surface area contributed by atoms with E-state index in [2.05, 4.69) is 14.9 Å². The highest BCUT2D eigenvalue weighted by molar-refractivity contribution is 7.90. The highest BCUT2D eigenvalue weighted by atomic mass is 35.5. The number of hydrogen-bond donors (Lipinski definition) is 2. The predicted octanol–water partition coefficient (Wildman–Crippen LogP) is 7.22. The molecule has 2 amide bonds. The van der Waals surface area contributed by atoms with E-state index in [0.29, 0.717) is 42.4 Å². The van der Waals surface area contributed by atoms with Crippen molar-refractivity contribution in [2.45, 2.75) is 89.4 Å². The largest absolute Gasteiger partial charge is 0.487 e. The Bertz CT molecular complexity index is 1760. The molecular formula is C38H49ClF3N3O6S. The summed E-state index contributed by atoms with van der Waals surface area (Å²) in [6.45, 7) is 5.13. The summed E-state index contributed by atoms with van der Waals surface area (Å²) in [5.41, 5.74) is 1.74. The zero-order chi connectivity index (χ0) is 37.8. The van der Waals surface area contributed by atoms with E-state index >= 15 is 0 Å². The number of methoxy groups -OCH3 is 1. The molecule has 0 radical (unpaired) electrons. The van der Waals surface area contributed by atoms with E-state index in [0.717, 1.165) is 43.7 Å². The number of benzene rings is 2. The van der Waals surface area contributed by atoms with Gasteiger partial charge in [0.15, 0.2) is 0 Å². The van der Waals surface area contributed by atoms with Crippen molar-refractivity contribution >= 4 is 39.1 Å². The molecule has 1 saturated carbocycles. The SMILES string of the molecule is CO[C@@]1(CC(=O)NC[C@H](C)C(F)(F)F)/C=C/C[C@H](C)[C@@H](C)S(=O)(=O)NC(=O)c2ccc3c(c2)N(CCCCc2cc(Cl)ccc2CO3)C[C@@H]2CC[C@H]21. The van der Waals surface area contributed by atoms with Crippen molar-refractivity contribution in [2.75, 3.05) is 31.6 Å². The molecule has 2 aromatic rings. The number of carbonyl (C=O) groups excluding carboxylic acids is 2. The molecule has 5 rings (SSSR count). The molecule has 52 heavy (non-hydrogen) atoms. The number of alkyl halides is 3. The van der Waals surface area contributed by atoms with Gasteiger partial charge in [0, 0.05) is 37.3 Å². The van der Waals surface area contributed by atoms with Crippen LogP contribution in [0.1, 0.15) is 80.8 Å². The molecular weight excluding hydrogens is 719 g/mol. The maximum atomic E-state index is 13.5. The molecule has 6 atom stereocenters. The van der Waals surface area contributed by atoms with Crippen LogP contribution in [0.3, 0.4) is 0 Å². The number of ether oxygens (including phenoxy) is 2. The van der Waals surface area contributed by atoms with E-state index in [1.807, 2.05) is 18.2 Å². The molecule has 9 nitrogen and oxygen atoms in total. The van der Waals surface area contributed by atoms with E-state index in [1.165, 1.54) is 14.0 Å². The number of nitrogens with one attached hydrogen (secondary N) is 2. The monoisotopic (exact) mass is 767 g/mol. The van der Waals surface area contributed by atoms with Gasteiger partial charge in [0.25, 0.3) is 5.91 Å². The number of anilines is 1. The first-order valence-electron chi connectivity index (χ1n) is 17.9. The van der Waals surface area contributed by atoms with E-state index in [-0.39, 0.29) is 30.4 Å². The number of rotatable bonds is 5. The van der Waals surface area contributed by atoms with Crippen molar-refractivity contribution in [3.63, 3.8) is 0 Å². The van der Waals surface area contributed by atoms with Crippen LogP contribution < -0.4 is 19.7 Å². The zero-order valence-corrected chi connectivity index (χ0v) is 31.7. The lowest BCUT2D eigenvalue weighted by Crippen LogP contribution is -2.53. The molecule has 2 aromatic carbocycles. The lowest BCUT2D eigenvalue weighted by molar-refractivity contribution is -0.169. The fourth-order valence-electron chi connectivity index (χ4n) is 7.36. The maximum absolute atomic E-state index is 13.5. The Hall–Kier alpha value is -3.29. The quantitative estimate of drug-likeness (QED) is 0.309. The van der Waals surface area contributed by atoms with Crippen LogP contribution >= 0.6 is 11.6 Å². The van der Waals surface area contributed by atoms with E-state index in [4.69, 9.17) is 21.1 Å². The van der Waals surface area contributed by atoms with Crippen LogP contribution in [0, 0.1) is 23.7 Å². The van der Waals surface area contributed by atoms with Gasteiger partial charge in [-0.2, -0.15) is 13.2 Å². The topological polar surface area (TPSA) is 114 Å². The summed E-state index contributed by atoms with van der Waals surface area (Å²) in [6, 6.07) is 10.7. The number of amides is 2. The number of carbonyl (C=O) groups is 2. The molecule has 14 heteroatoms. The minimum atomic E-state index is -4.45. The van der Waals surface area contributed by atoms with E-state index in [1.54, 1.807) is 37.3 Å². The molecule has 2 heterocycles. The summed E-state index contributed by atoms with van der Waals surface area (Å²) in [4.78, 5) is 29.0. The van der Waals surface area contributed by atoms with Crippen molar-refractivity contribution in [2.24, 2.45) is 23.7 Å². The second kappa shape index (κ2) is 16.4. The van der Waals surface area contributed by atoms with Gasteiger partial charge in [0.1, 0.15) is 12.4 Å². The van der Waals surface area contributed by atoms with Crippen molar-refractivity contribution in [1.82, 2.24) is 10.0 Å². The predicted molar refractivity (Wildman–Crippen MR) is 195 cm³/mol. The van der Waals surface area contributed by atoms with Crippen molar-refractivity contribution < 1.29 is 40.7 Å². The number of nitrogens with zero attached hydrogens (tertiary/aromatic N) is 1. The fraction of sp³-hybridized carbons (Fsp3) is 0.579. The smallest absolute Gasteiger partial charge is 0.393 e. The number of allylic oxidation sites excluding steroid dienone is 1. The summed E-state index contributed by atoms with van der Waals surface area (Å²) in [7, 11) is -2.60. The molecule has 1 fully saturated rings. The van der Waals surface area contributed by atoms with Gasteiger partial charge in [0.05, 0.1) is 28.9 Å². The standard InChI is InChI=1S/C38H49ClF3N3O6S/c1-24-8-7-16-37(50-4,20-35(46)43-21-25(2)38(40,41)42)32-14-11-29(32)22-45-17-6-5-9-27-18-31(39)13-10-30(27)23-51-34-15-12-28(19-33(34)45)36(47)44-52(48,49)26(24)3/h7,10,12-13,15-16,18-19,24-26,29,32H,5-6,8-9,11,14,17,20-23H2,1-4H3,(H,43,46)(H,44,47)/b16-7+/t24-,25-,26+,29-,32+,37+/m0/s1. The van der Waals surface area contributed by atoms with E-state index < -0.39 is 57.2 Å². The third-order valence-electron chi connectivity index (χ3n) is 11.2. The highest BCUT2D eigenvalue weighted by Crippen LogP contribution is 2.48. The number of fused-ring (bicyclic) bond motifs is 3. The third-order valence-corrected chi connectivity index (χ3v) is 13.3. The average molecular weight is 768 g/mol. The maximum Gasteiger partial charge on any atom is 0.393 e. The normalized spacial score (nSPS) is 28.0. The Kier molecular flexibility index (Phi) is 12.6. The molecule has 0 unspecified atom stereocenters. The summed E-state index contributed by atoms with van der Waals surface area (Å²) in [6.07, 6.45) is 3.19. The molecule has 1 aliphatic carbocycles. The molecule has 2 N–H and O–H groups in total. The minimum Gasteiger partial charge on any atom is -0.487 e. The first-order chi connectivity index (χ1) is 24.5. The third kappa shape index (κ3) is 9.25. The molecule has 286 valence electrons. The molecule has 2 bridgehead atoms. The van der Waals surface area contributed by atoms with Crippen LogP contribution in [0.15, 0.2) is 48.6 Å². The Morgan fingerprint density at radius 2 is 1.92 bits per heavy atom. The molecule has 3 aliphatic rings. The van der Waals surface area contributed by atoms with Crippen molar-refractivity contribution in [3.05, 3.63) is 70.3 Å². The van der Waals surface area contributed by atoms with Gasteiger partial charge in [-0.25, -0.2) is 13.1 Å². The molecule has 0 saturated heterocycles. The van der Waals surface area contributed by atoms with Crippen LogP contribution in [0.25, 0.3) is 0 Å². The molecule has 2 aliphatic heterocycles. The van der Waals surface area contributed by atoms with Crippen LogP contribution in [-0.4, -0.2) is 64.0 Å². The Morgan fingerprint density at radius 3 is 2.62 bits per heavy atom. The first kappa shape index (κ1) is 39.9. The highest BCUT2D eigenvalue weighted by Gasteiger charge is 2.48. The number of halogens is 4. The lowest BCUT2D eigenvalue weighted by atomic mass is 9.63. The van der Waals surface area contributed by atoms with Gasteiger partial charge in [-0.05, 0) is 105 Å². The van der Waals surface area contributed by atoms with Crippen LogP contribution in [0.5, 0.6) is 5.75 Å². The second-order valence-corrected chi connectivity index (χ2v) is 17.1. The van der Waals surface area contributed by atoms with Crippen molar-refractivity contribution in [1.29, 1.82) is 0 Å². The van der Waals surface area contributed by atoms with Gasteiger partial charge >= 0.3 is 6.18 Å². The second-order valence-electron chi connectivity index (χ2n) is 14.6. The summed E-state index contributed by atoms with van der Waals surface area (Å²) >= 11 is 6.33. The van der Waals surface area contributed by atoms with Gasteiger partial charge in [-0.1, -0.05) is 43.7 Å². The van der Waals surface area contributed by atoms with Gasteiger partial charge < -0.3 is 19.7 Å². The Morgan fingerprint density at radius 1 is 1.15 bits per heavy atom.